The average molecular weight is 318 g/mol. The Morgan fingerprint density at radius 2 is 1.52 bits per heavy atom. The van der Waals surface area contributed by atoms with Crippen molar-refractivity contribution in [2.75, 3.05) is 6.61 Å². The Morgan fingerprint density at radius 3 is 2.05 bits per heavy atom. The molecule has 0 aromatic carbocycles. The summed E-state index contributed by atoms with van der Waals surface area (Å²) in [5, 5.41) is 3.09. The standard InChI is InChI=1S/C17H28F2OS/c1-2-3-4-5-6-7-8-9-10-11-13-20-17(18,19)16-12-14-21-15-16/h12,14-15H,2-11,13H2,1H3. The van der Waals surface area contributed by atoms with E-state index in [1.54, 1.807) is 5.38 Å². The van der Waals surface area contributed by atoms with Gasteiger partial charge >= 0.3 is 6.11 Å². The number of hydrogen-bond donors (Lipinski definition) is 0. The van der Waals surface area contributed by atoms with E-state index in [-0.39, 0.29) is 12.2 Å². The smallest absolute Gasteiger partial charge is 0.317 e. The van der Waals surface area contributed by atoms with Crippen molar-refractivity contribution in [1.82, 2.24) is 0 Å². The topological polar surface area (TPSA) is 9.23 Å². The highest BCUT2D eigenvalue weighted by Gasteiger charge is 2.32. The van der Waals surface area contributed by atoms with Crippen LogP contribution in [0.4, 0.5) is 8.78 Å². The van der Waals surface area contributed by atoms with Gasteiger partial charge in [-0.15, -0.1) is 0 Å². The van der Waals surface area contributed by atoms with Gasteiger partial charge in [0.25, 0.3) is 0 Å². The zero-order valence-corrected chi connectivity index (χ0v) is 13.9. The molecule has 0 aliphatic heterocycles. The molecule has 0 amide bonds. The number of halogens is 2. The summed E-state index contributed by atoms with van der Waals surface area (Å²) < 4.78 is 31.8. The van der Waals surface area contributed by atoms with Crippen LogP contribution in [0.15, 0.2) is 16.8 Å². The van der Waals surface area contributed by atoms with Gasteiger partial charge in [-0.25, -0.2) is 0 Å². The lowest BCUT2D eigenvalue weighted by Crippen LogP contribution is -2.18. The fourth-order valence-electron chi connectivity index (χ4n) is 2.30. The van der Waals surface area contributed by atoms with Gasteiger partial charge in [0.2, 0.25) is 0 Å². The minimum absolute atomic E-state index is 0.0282. The van der Waals surface area contributed by atoms with Crippen LogP contribution < -0.4 is 0 Å². The highest BCUT2D eigenvalue weighted by Crippen LogP contribution is 2.31. The Kier molecular flexibility index (Phi) is 9.85. The monoisotopic (exact) mass is 318 g/mol. The number of thiophene rings is 1. The van der Waals surface area contributed by atoms with Crippen molar-refractivity contribution in [1.29, 1.82) is 0 Å². The van der Waals surface area contributed by atoms with Gasteiger partial charge in [-0.1, -0.05) is 64.7 Å². The van der Waals surface area contributed by atoms with Crippen molar-refractivity contribution >= 4 is 11.3 Å². The molecule has 21 heavy (non-hydrogen) atoms. The summed E-state index contributed by atoms with van der Waals surface area (Å²) in [5.41, 5.74) is -0.0282. The zero-order chi connectivity index (χ0) is 15.4. The number of hydrogen-bond acceptors (Lipinski definition) is 2. The Bertz CT molecular complexity index is 339. The molecule has 4 heteroatoms. The molecule has 0 spiro atoms. The first-order valence-corrected chi connectivity index (χ1v) is 9.15. The minimum atomic E-state index is -3.13. The highest BCUT2D eigenvalue weighted by molar-refractivity contribution is 7.07. The van der Waals surface area contributed by atoms with Crippen molar-refractivity contribution in [3.05, 3.63) is 22.4 Å². The van der Waals surface area contributed by atoms with Crippen molar-refractivity contribution in [2.45, 2.75) is 77.2 Å². The molecule has 0 aliphatic carbocycles. The Labute approximate surface area is 131 Å². The molecule has 1 rings (SSSR count). The van der Waals surface area contributed by atoms with Gasteiger partial charge in [0.15, 0.2) is 0 Å². The molecule has 0 radical (unpaired) electrons. The zero-order valence-electron chi connectivity index (χ0n) is 13.1. The van der Waals surface area contributed by atoms with E-state index in [0.29, 0.717) is 0 Å². The van der Waals surface area contributed by atoms with Crippen molar-refractivity contribution in [3.8, 4) is 0 Å². The maximum Gasteiger partial charge on any atom is 0.384 e. The van der Waals surface area contributed by atoms with Crippen LogP contribution in [0.3, 0.4) is 0 Å². The van der Waals surface area contributed by atoms with Gasteiger partial charge < -0.3 is 4.74 Å². The summed E-state index contributed by atoms with van der Waals surface area (Å²) in [5.74, 6) is 0. The molecule has 0 bridgehead atoms. The molecular weight excluding hydrogens is 290 g/mol. The highest BCUT2D eigenvalue weighted by atomic mass is 32.1. The molecule has 1 nitrogen and oxygen atoms in total. The van der Waals surface area contributed by atoms with Crippen LogP contribution in [0, 0.1) is 0 Å². The Balaban J connectivity index is 1.91. The van der Waals surface area contributed by atoms with E-state index in [2.05, 4.69) is 6.92 Å². The summed E-state index contributed by atoms with van der Waals surface area (Å²) in [6.45, 7) is 2.36. The summed E-state index contributed by atoms with van der Waals surface area (Å²) >= 11 is 1.27. The predicted octanol–water partition coefficient (Wildman–Crippen LogP) is 6.73. The Morgan fingerprint density at radius 1 is 0.952 bits per heavy atom. The predicted molar refractivity (Wildman–Crippen MR) is 86.0 cm³/mol. The van der Waals surface area contributed by atoms with Crippen LogP contribution in [0.25, 0.3) is 0 Å². The second kappa shape index (κ2) is 11.1. The first kappa shape index (κ1) is 18.6. The van der Waals surface area contributed by atoms with E-state index in [1.807, 2.05) is 0 Å². The van der Waals surface area contributed by atoms with Crippen molar-refractivity contribution in [3.63, 3.8) is 0 Å². The molecule has 0 atom stereocenters. The first-order valence-electron chi connectivity index (χ1n) is 8.21. The largest absolute Gasteiger partial charge is 0.384 e. The van der Waals surface area contributed by atoms with Gasteiger partial charge in [-0.2, -0.15) is 20.1 Å². The first-order chi connectivity index (χ1) is 10.2. The summed E-state index contributed by atoms with van der Waals surface area (Å²) in [7, 11) is 0. The van der Waals surface area contributed by atoms with E-state index >= 15 is 0 Å². The van der Waals surface area contributed by atoms with Crippen LogP contribution in [0.2, 0.25) is 0 Å². The van der Waals surface area contributed by atoms with Gasteiger partial charge in [0, 0.05) is 5.38 Å². The molecule has 0 N–H and O–H groups in total. The van der Waals surface area contributed by atoms with Gasteiger partial charge in [-0.05, 0) is 17.9 Å². The number of alkyl halides is 2. The number of unbranched alkanes of at least 4 members (excludes halogenated alkanes) is 9. The molecule has 0 unspecified atom stereocenters. The Hall–Kier alpha value is -0.480. The SMILES string of the molecule is CCCCCCCCCCCCOC(F)(F)c1ccsc1. The normalized spacial score (nSPS) is 12.0. The molecule has 0 saturated carbocycles. The lowest BCUT2D eigenvalue weighted by molar-refractivity contribution is -0.248. The van der Waals surface area contributed by atoms with E-state index < -0.39 is 6.11 Å². The van der Waals surface area contributed by atoms with Crippen molar-refractivity contribution in [2.24, 2.45) is 0 Å². The van der Waals surface area contributed by atoms with E-state index in [1.165, 1.54) is 67.7 Å². The van der Waals surface area contributed by atoms with Gasteiger partial charge in [0.1, 0.15) is 0 Å². The van der Waals surface area contributed by atoms with Crippen LogP contribution in [-0.4, -0.2) is 6.61 Å². The van der Waals surface area contributed by atoms with Crippen LogP contribution >= 0.6 is 11.3 Å². The van der Waals surface area contributed by atoms with Crippen LogP contribution in [-0.2, 0) is 10.8 Å². The lowest BCUT2D eigenvalue weighted by Gasteiger charge is -2.15. The maximum atomic E-state index is 13.6. The third kappa shape index (κ3) is 8.52. The number of rotatable bonds is 13. The summed E-state index contributed by atoms with van der Waals surface area (Å²) in [4.78, 5) is 0. The fourth-order valence-corrected chi connectivity index (χ4v) is 2.97. The third-order valence-corrected chi connectivity index (χ3v) is 4.32. The maximum absolute atomic E-state index is 13.6. The van der Waals surface area contributed by atoms with Crippen LogP contribution in [0.1, 0.15) is 76.7 Å². The third-order valence-electron chi connectivity index (χ3n) is 3.64. The van der Waals surface area contributed by atoms with Gasteiger partial charge in [0.05, 0.1) is 12.2 Å². The van der Waals surface area contributed by atoms with Crippen LogP contribution in [0.5, 0.6) is 0 Å². The summed E-state index contributed by atoms with van der Waals surface area (Å²) in [6, 6.07) is 1.42. The molecule has 122 valence electrons. The quantitative estimate of drug-likeness (QED) is 0.366. The molecular formula is C17H28F2OS. The molecule has 1 aromatic rings. The minimum Gasteiger partial charge on any atom is -0.317 e. The molecule has 0 fully saturated rings. The van der Waals surface area contributed by atoms with Crippen molar-refractivity contribution < 1.29 is 13.5 Å². The number of ether oxygens (including phenoxy) is 1. The molecule has 1 heterocycles. The summed E-state index contributed by atoms with van der Waals surface area (Å²) in [6.07, 6.45) is 8.82. The average Bonchev–Trinajstić information content (AvgIpc) is 3.00. The second-order valence-corrected chi connectivity index (χ2v) is 6.34. The lowest BCUT2D eigenvalue weighted by atomic mass is 10.1. The second-order valence-electron chi connectivity index (χ2n) is 5.56. The van der Waals surface area contributed by atoms with E-state index in [4.69, 9.17) is 4.74 Å². The molecule has 1 aromatic heterocycles. The van der Waals surface area contributed by atoms with E-state index in [9.17, 15) is 8.78 Å². The van der Waals surface area contributed by atoms with Gasteiger partial charge in [-0.3, -0.25) is 0 Å². The molecule has 0 saturated heterocycles. The molecule has 0 aliphatic rings. The fraction of sp³-hybridized carbons (Fsp3) is 0.765. The van der Waals surface area contributed by atoms with E-state index in [0.717, 1.165) is 19.3 Å².